The third kappa shape index (κ3) is 4.41. The molecule has 0 N–H and O–H groups in total. The van der Waals surface area contributed by atoms with Crippen molar-refractivity contribution in [3.8, 4) is 11.5 Å². The van der Waals surface area contributed by atoms with Gasteiger partial charge in [0.05, 0.1) is 0 Å². The van der Waals surface area contributed by atoms with E-state index in [0.29, 0.717) is 0 Å². The van der Waals surface area contributed by atoms with Crippen molar-refractivity contribution in [1.82, 2.24) is 0 Å². The van der Waals surface area contributed by atoms with Crippen LogP contribution in [0.15, 0.2) is 85.0 Å². The van der Waals surface area contributed by atoms with Gasteiger partial charge in [-0.05, 0) is 0 Å². The van der Waals surface area contributed by atoms with Crippen molar-refractivity contribution in [3.63, 3.8) is 0 Å². The van der Waals surface area contributed by atoms with E-state index in [0.717, 1.165) is 11.5 Å². The van der Waals surface area contributed by atoms with Gasteiger partial charge in [-0.15, -0.1) is 0 Å². The van der Waals surface area contributed by atoms with Crippen molar-refractivity contribution in [2.45, 2.75) is 34.9 Å². The average molecular weight is 464 g/mol. The van der Waals surface area contributed by atoms with Crippen LogP contribution in [0.25, 0.3) is 0 Å². The Labute approximate surface area is 179 Å². The molecule has 0 spiro atoms. The Morgan fingerprint density at radius 3 is 1.14 bits per heavy atom. The molecule has 2 aliphatic rings. The van der Waals surface area contributed by atoms with Crippen molar-refractivity contribution in [1.29, 1.82) is 0 Å². The quantitative estimate of drug-likeness (QED) is 0.451. The molecule has 2 aliphatic carbocycles. The zero-order valence-electron chi connectivity index (χ0n) is 17.6. The van der Waals surface area contributed by atoms with E-state index in [9.17, 15) is 0 Å². The molecule has 0 heterocycles. The van der Waals surface area contributed by atoms with Crippen LogP contribution in [0.2, 0.25) is 7.25 Å². The van der Waals surface area contributed by atoms with Crippen LogP contribution in [0, 0.1) is 27.7 Å². The summed E-state index contributed by atoms with van der Waals surface area (Å²) in [5, 5.41) is 0. The van der Waals surface area contributed by atoms with E-state index in [1.54, 1.807) is 0 Å². The molecule has 0 bridgehead atoms. The van der Waals surface area contributed by atoms with Crippen molar-refractivity contribution < 1.29 is 26.8 Å². The second-order valence-corrected chi connectivity index (χ2v) is 16.0. The molecule has 0 fully saturated rings. The van der Waals surface area contributed by atoms with Gasteiger partial charge in [-0.2, -0.15) is 0 Å². The van der Waals surface area contributed by atoms with E-state index < -0.39 is 21.1 Å². The summed E-state index contributed by atoms with van der Waals surface area (Å²) in [4.78, 5) is 0. The second kappa shape index (κ2) is 8.32. The standard InChI is InChI=1S/2C8H10O.2C5H5.Zr/c2*1-6-3-7(2)5-8(9)4-6;2*1-2-4-5-3-1;/h2*3-5,9H,1-2H3;2*1-5H;/q;;;;+2/p-2. The Morgan fingerprint density at radius 1 is 0.517 bits per heavy atom. The van der Waals surface area contributed by atoms with Gasteiger partial charge in [-0.3, -0.25) is 0 Å². The number of benzene rings is 2. The topological polar surface area (TPSA) is 18.5 Å². The minimum absolute atomic E-state index is 0.198. The van der Waals surface area contributed by atoms with E-state index in [-0.39, 0.29) is 7.25 Å². The molecule has 0 unspecified atom stereocenters. The van der Waals surface area contributed by atoms with Gasteiger partial charge in [-0.25, -0.2) is 0 Å². The summed E-state index contributed by atoms with van der Waals surface area (Å²) in [6.07, 6.45) is 17.5. The van der Waals surface area contributed by atoms with Crippen LogP contribution in [0.1, 0.15) is 22.3 Å². The Kier molecular flexibility index (Phi) is 5.79. The molecule has 0 aromatic heterocycles. The first-order valence-corrected chi connectivity index (χ1v) is 15.0. The molecule has 2 nitrogen and oxygen atoms in total. The van der Waals surface area contributed by atoms with Crippen molar-refractivity contribution in [2.24, 2.45) is 0 Å². The van der Waals surface area contributed by atoms with Gasteiger partial charge in [0.25, 0.3) is 0 Å². The summed E-state index contributed by atoms with van der Waals surface area (Å²) in [5.74, 6) is 1.84. The van der Waals surface area contributed by atoms with Crippen LogP contribution in [-0.4, -0.2) is 0 Å². The molecule has 0 amide bonds. The fraction of sp³-hybridized carbons (Fsp3) is 0.231. The average Bonchev–Trinajstić information content (AvgIpc) is 3.34. The van der Waals surface area contributed by atoms with E-state index in [2.05, 4.69) is 113 Å². The Hall–Kier alpha value is -2.12. The van der Waals surface area contributed by atoms with Crippen LogP contribution in [0.3, 0.4) is 0 Å². The van der Waals surface area contributed by atoms with E-state index in [1.807, 2.05) is 0 Å². The number of aryl methyl sites for hydroxylation is 4. The van der Waals surface area contributed by atoms with Gasteiger partial charge in [0, 0.05) is 0 Å². The van der Waals surface area contributed by atoms with Crippen molar-refractivity contribution >= 4 is 0 Å². The van der Waals surface area contributed by atoms with Crippen LogP contribution in [-0.2, 0) is 21.1 Å². The van der Waals surface area contributed by atoms with Crippen LogP contribution < -0.4 is 5.63 Å². The number of allylic oxidation sites excluding steroid dienone is 8. The summed E-state index contributed by atoms with van der Waals surface area (Å²) in [6, 6.07) is 12.9. The zero-order valence-corrected chi connectivity index (χ0v) is 20.0. The molecular formula is C26H28O2Zr. The third-order valence-electron chi connectivity index (χ3n) is 5.37. The summed E-state index contributed by atoms with van der Waals surface area (Å²) in [5.41, 5.74) is 4.84. The maximum atomic E-state index is 7.00. The monoisotopic (exact) mass is 462 g/mol. The molecule has 29 heavy (non-hydrogen) atoms. The minimum atomic E-state index is -3.84. The van der Waals surface area contributed by atoms with Gasteiger partial charge in [-0.1, -0.05) is 0 Å². The first-order chi connectivity index (χ1) is 13.9. The molecule has 0 radical (unpaired) electrons. The van der Waals surface area contributed by atoms with Gasteiger partial charge < -0.3 is 0 Å². The fourth-order valence-electron chi connectivity index (χ4n) is 4.27. The second-order valence-electron chi connectivity index (χ2n) is 8.16. The molecular weight excluding hydrogens is 436 g/mol. The molecule has 4 rings (SSSR count). The van der Waals surface area contributed by atoms with Crippen molar-refractivity contribution in [2.75, 3.05) is 0 Å². The predicted octanol–water partition coefficient (Wildman–Crippen LogP) is 7.19. The number of hydrogen-bond acceptors (Lipinski definition) is 2. The molecule has 0 saturated carbocycles. The SMILES string of the molecule is Cc1cc(C)cc([O][Zr]([O]c2cc(C)cc(C)c2)([CH]2C=CC=C2)[CH]2C=CC=C2)c1. The predicted molar refractivity (Wildman–Crippen MR) is 117 cm³/mol. The molecule has 3 heteroatoms. The maximum absolute atomic E-state index is 7.00. The molecule has 2 aromatic carbocycles. The van der Waals surface area contributed by atoms with E-state index in [1.165, 1.54) is 22.3 Å². The van der Waals surface area contributed by atoms with Gasteiger partial charge in [0.15, 0.2) is 0 Å². The third-order valence-corrected chi connectivity index (χ3v) is 14.6. The summed E-state index contributed by atoms with van der Waals surface area (Å²) in [6.45, 7) is 8.47. The Balaban J connectivity index is 1.83. The van der Waals surface area contributed by atoms with Crippen LogP contribution >= 0.6 is 0 Å². The van der Waals surface area contributed by atoms with E-state index >= 15 is 0 Å². The molecule has 2 aromatic rings. The van der Waals surface area contributed by atoms with Gasteiger partial charge in [0.2, 0.25) is 0 Å². The molecule has 0 aliphatic heterocycles. The van der Waals surface area contributed by atoms with Crippen LogP contribution in [0.5, 0.6) is 11.5 Å². The fourth-order valence-corrected chi connectivity index (χ4v) is 12.9. The number of rotatable bonds is 6. The van der Waals surface area contributed by atoms with Gasteiger partial charge >= 0.3 is 180 Å². The summed E-state index contributed by atoms with van der Waals surface area (Å²) < 4.78 is 14.4. The molecule has 148 valence electrons. The normalized spacial score (nSPS) is 16.1. The molecule has 0 saturated heterocycles. The van der Waals surface area contributed by atoms with E-state index in [4.69, 9.17) is 5.63 Å². The van der Waals surface area contributed by atoms with Gasteiger partial charge in [0.1, 0.15) is 0 Å². The first kappa shape index (κ1) is 20.2. The zero-order chi connectivity index (χ0) is 20.4. The van der Waals surface area contributed by atoms with Crippen LogP contribution in [0.4, 0.5) is 0 Å². The Morgan fingerprint density at radius 2 is 0.828 bits per heavy atom. The Bertz CT molecular complexity index is 881. The summed E-state index contributed by atoms with van der Waals surface area (Å²) in [7, 11) is 0. The molecule has 0 atom stereocenters. The number of hydrogen-bond donors (Lipinski definition) is 0. The van der Waals surface area contributed by atoms with Crippen molar-refractivity contribution in [3.05, 3.63) is 107 Å². The summed E-state index contributed by atoms with van der Waals surface area (Å²) >= 11 is -3.84. The first-order valence-electron chi connectivity index (χ1n) is 10.2.